The zero-order chi connectivity index (χ0) is 16.8. The Morgan fingerprint density at radius 1 is 1.33 bits per heavy atom. The van der Waals surface area contributed by atoms with Crippen molar-refractivity contribution in [1.29, 1.82) is 0 Å². The molecule has 0 unspecified atom stereocenters. The zero-order valence-corrected chi connectivity index (χ0v) is 14.6. The van der Waals surface area contributed by atoms with E-state index in [-0.39, 0.29) is 0 Å². The molecule has 1 fully saturated rings. The van der Waals surface area contributed by atoms with Gasteiger partial charge in [-0.3, -0.25) is 4.90 Å². The van der Waals surface area contributed by atoms with E-state index in [0.29, 0.717) is 6.10 Å². The maximum atomic E-state index is 5.69. The number of hydrogen-bond acceptors (Lipinski definition) is 4. The molecule has 0 amide bonds. The lowest BCUT2D eigenvalue weighted by molar-refractivity contribution is 0.0994. The molecule has 1 aliphatic heterocycles. The minimum absolute atomic E-state index is 0.486. The standard InChI is InChI=1S/C19H27N3O2/c1-21(12-3-5-18-6-4-14-24-18)15-19-20-11-13-22(19)16-7-9-17(23-2)10-8-16/h7-11,13,18H,3-6,12,14-15H2,1-2H3/t18-/m1/s1. The summed E-state index contributed by atoms with van der Waals surface area (Å²) in [6.45, 7) is 2.85. The fourth-order valence-corrected chi connectivity index (χ4v) is 3.21. The van der Waals surface area contributed by atoms with Crippen molar-refractivity contribution in [3.05, 3.63) is 42.5 Å². The van der Waals surface area contributed by atoms with E-state index in [1.54, 1.807) is 7.11 Å². The van der Waals surface area contributed by atoms with Gasteiger partial charge in [0.25, 0.3) is 0 Å². The number of imidazole rings is 1. The molecule has 5 heteroatoms. The summed E-state index contributed by atoms with van der Waals surface area (Å²) in [6, 6.07) is 8.07. The molecule has 24 heavy (non-hydrogen) atoms. The van der Waals surface area contributed by atoms with Crippen LogP contribution in [-0.2, 0) is 11.3 Å². The van der Waals surface area contributed by atoms with E-state index in [2.05, 4.69) is 33.6 Å². The van der Waals surface area contributed by atoms with Crippen LogP contribution in [-0.4, -0.2) is 47.9 Å². The average Bonchev–Trinajstić information content (AvgIpc) is 3.27. The highest BCUT2D eigenvalue weighted by Crippen LogP contribution is 2.18. The molecule has 3 rings (SSSR count). The minimum Gasteiger partial charge on any atom is -0.497 e. The smallest absolute Gasteiger partial charge is 0.127 e. The van der Waals surface area contributed by atoms with E-state index in [9.17, 15) is 0 Å². The van der Waals surface area contributed by atoms with Gasteiger partial charge in [-0.1, -0.05) is 0 Å². The van der Waals surface area contributed by atoms with Crippen LogP contribution in [0.25, 0.3) is 5.69 Å². The molecule has 0 bridgehead atoms. The average molecular weight is 329 g/mol. The number of methoxy groups -OCH3 is 1. The van der Waals surface area contributed by atoms with Crippen LogP contribution >= 0.6 is 0 Å². The maximum Gasteiger partial charge on any atom is 0.127 e. The summed E-state index contributed by atoms with van der Waals surface area (Å²) in [5.74, 6) is 1.92. The van der Waals surface area contributed by atoms with Crippen molar-refractivity contribution < 1.29 is 9.47 Å². The number of ether oxygens (including phenoxy) is 2. The third-order valence-corrected chi connectivity index (χ3v) is 4.57. The summed E-state index contributed by atoms with van der Waals surface area (Å²) >= 11 is 0. The van der Waals surface area contributed by atoms with Gasteiger partial charge in [0.05, 0.1) is 19.8 Å². The third kappa shape index (κ3) is 4.36. The second-order valence-corrected chi connectivity index (χ2v) is 6.43. The van der Waals surface area contributed by atoms with Crippen LogP contribution in [0.2, 0.25) is 0 Å². The molecule has 2 aromatic rings. The first-order valence-corrected chi connectivity index (χ1v) is 8.73. The normalized spacial score (nSPS) is 17.5. The van der Waals surface area contributed by atoms with Gasteiger partial charge < -0.3 is 14.0 Å². The second-order valence-electron chi connectivity index (χ2n) is 6.43. The first kappa shape index (κ1) is 17.0. The number of rotatable bonds is 8. The molecule has 0 radical (unpaired) electrons. The van der Waals surface area contributed by atoms with Gasteiger partial charge in [-0.2, -0.15) is 0 Å². The SMILES string of the molecule is COc1ccc(-n2ccnc2CN(C)CCC[C@@H]2CCCO2)cc1. The summed E-state index contributed by atoms with van der Waals surface area (Å²) in [4.78, 5) is 6.86. The Balaban J connectivity index is 1.54. The van der Waals surface area contributed by atoms with Crippen LogP contribution < -0.4 is 4.74 Å². The molecular weight excluding hydrogens is 302 g/mol. The molecular formula is C19H27N3O2. The number of aromatic nitrogens is 2. The molecule has 1 aromatic heterocycles. The Morgan fingerprint density at radius 2 is 2.17 bits per heavy atom. The fourth-order valence-electron chi connectivity index (χ4n) is 3.21. The highest BCUT2D eigenvalue weighted by molar-refractivity contribution is 5.38. The van der Waals surface area contributed by atoms with Gasteiger partial charge in [0.15, 0.2) is 0 Å². The number of hydrogen-bond donors (Lipinski definition) is 0. The number of nitrogens with zero attached hydrogens (tertiary/aromatic N) is 3. The molecule has 0 N–H and O–H groups in total. The Morgan fingerprint density at radius 3 is 2.88 bits per heavy atom. The lowest BCUT2D eigenvalue weighted by Crippen LogP contribution is -2.22. The van der Waals surface area contributed by atoms with Crippen LogP contribution in [0.3, 0.4) is 0 Å². The second kappa shape index (κ2) is 8.31. The van der Waals surface area contributed by atoms with Crippen molar-refractivity contribution in [1.82, 2.24) is 14.5 Å². The number of benzene rings is 1. The third-order valence-electron chi connectivity index (χ3n) is 4.57. The fraction of sp³-hybridized carbons (Fsp3) is 0.526. The molecule has 5 nitrogen and oxygen atoms in total. The van der Waals surface area contributed by atoms with Crippen LogP contribution in [0, 0.1) is 0 Å². The van der Waals surface area contributed by atoms with Gasteiger partial charge in [0, 0.05) is 24.7 Å². The van der Waals surface area contributed by atoms with E-state index in [0.717, 1.165) is 43.4 Å². The van der Waals surface area contributed by atoms with Gasteiger partial charge in [0.2, 0.25) is 0 Å². The Kier molecular flexibility index (Phi) is 5.88. The molecule has 1 aromatic carbocycles. The van der Waals surface area contributed by atoms with E-state index in [1.165, 1.54) is 19.3 Å². The van der Waals surface area contributed by atoms with Gasteiger partial charge in [0.1, 0.15) is 11.6 Å². The molecule has 0 saturated carbocycles. The topological polar surface area (TPSA) is 39.5 Å². The summed E-state index contributed by atoms with van der Waals surface area (Å²) in [5, 5.41) is 0. The predicted octanol–water partition coefficient (Wildman–Crippen LogP) is 3.27. The first-order valence-electron chi connectivity index (χ1n) is 8.73. The molecule has 1 saturated heterocycles. The van der Waals surface area contributed by atoms with E-state index >= 15 is 0 Å². The molecule has 130 valence electrons. The summed E-state index contributed by atoms with van der Waals surface area (Å²) in [5.41, 5.74) is 1.11. The molecule has 2 heterocycles. The Hall–Kier alpha value is -1.85. The van der Waals surface area contributed by atoms with Gasteiger partial charge >= 0.3 is 0 Å². The Labute approximate surface area is 144 Å². The van der Waals surface area contributed by atoms with Crippen molar-refractivity contribution in [2.45, 2.75) is 38.3 Å². The maximum absolute atomic E-state index is 5.69. The predicted molar refractivity (Wildman–Crippen MR) is 94.7 cm³/mol. The molecule has 0 spiro atoms. The van der Waals surface area contributed by atoms with Crippen LogP contribution in [0.1, 0.15) is 31.5 Å². The largest absolute Gasteiger partial charge is 0.497 e. The van der Waals surface area contributed by atoms with Crippen LogP contribution in [0.15, 0.2) is 36.7 Å². The van der Waals surface area contributed by atoms with Crippen molar-refractivity contribution in [3.63, 3.8) is 0 Å². The summed E-state index contributed by atoms with van der Waals surface area (Å²) < 4.78 is 13.1. The monoisotopic (exact) mass is 329 g/mol. The van der Waals surface area contributed by atoms with E-state index < -0.39 is 0 Å². The van der Waals surface area contributed by atoms with E-state index in [4.69, 9.17) is 9.47 Å². The summed E-state index contributed by atoms with van der Waals surface area (Å²) in [7, 11) is 3.84. The van der Waals surface area contributed by atoms with Crippen molar-refractivity contribution in [2.75, 3.05) is 27.3 Å². The minimum atomic E-state index is 0.486. The quantitative estimate of drug-likeness (QED) is 0.745. The van der Waals surface area contributed by atoms with Crippen molar-refractivity contribution in [3.8, 4) is 11.4 Å². The van der Waals surface area contributed by atoms with Crippen molar-refractivity contribution in [2.24, 2.45) is 0 Å². The molecule has 1 atom stereocenters. The lowest BCUT2D eigenvalue weighted by atomic mass is 10.1. The zero-order valence-electron chi connectivity index (χ0n) is 14.6. The summed E-state index contributed by atoms with van der Waals surface area (Å²) in [6.07, 6.45) is 9.14. The highest BCUT2D eigenvalue weighted by Gasteiger charge is 2.15. The van der Waals surface area contributed by atoms with Gasteiger partial charge in [-0.05, 0) is 63.5 Å². The van der Waals surface area contributed by atoms with E-state index in [1.807, 2.05) is 24.5 Å². The lowest BCUT2D eigenvalue weighted by Gasteiger charge is -2.18. The highest BCUT2D eigenvalue weighted by atomic mass is 16.5. The van der Waals surface area contributed by atoms with Crippen LogP contribution in [0.4, 0.5) is 0 Å². The molecule has 1 aliphatic rings. The first-order chi connectivity index (χ1) is 11.8. The Bertz CT molecular complexity index is 618. The van der Waals surface area contributed by atoms with Gasteiger partial charge in [-0.15, -0.1) is 0 Å². The van der Waals surface area contributed by atoms with Crippen molar-refractivity contribution >= 4 is 0 Å². The van der Waals surface area contributed by atoms with Gasteiger partial charge in [-0.25, -0.2) is 4.98 Å². The molecule has 0 aliphatic carbocycles. The van der Waals surface area contributed by atoms with Crippen LogP contribution in [0.5, 0.6) is 5.75 Å².